The van der Waals surface area contributed by atoms with E-state index in [1.807, 2.05) is 13.0 Å². The highest BCUT2D eigenvalue weighted by molar-refractivity contribution is 6.30. The number of ketones is 1. The molecule has 1 heterocycles. The summed E-state index contributed by atoms with van der Waals surface area (Å²) in [5, 5.41) is 1.30. The first kappa shape index (κ1) is 16.3. The summed E-state index contributed by atoms with van der Waals surface area (Å²) in [6, 6.07) is 10.3. The molecular weight excluding hydrogens is 326 g/mol. The topological polar surface area (TPSA) is 59.2 Å². The molecule has 0 amide bonds. The molecule has 0 unspecified atom stereocenters. The zero-order chi connectivity index (χ0) is 17.3. The van der Waals surface area contributed by atoms with Gasteiger partial charge >= 0.3 is 0 Å². The quantitative estimate of drug-likeness (QED) is 0.561. The molecule has 0 aliphatic heterocycles. The van der Waals surface area contributed by atoms with Crippen molar-refractivity contribution in [3.8, 4) is 5.75 Å². The maximum atomic E-state index is 13.1. The van der Waals surface area contributed by atoms with Crippen molar-refractivity contribution in [2.75, 3.05) is 7.11 Å². The van der Waals surface area contributed by atoms with Gasteiger partial charge in [0.2, 0.25) is 0 Å². The second-order valence-electron chi connectivity index (χ2n) is 5.50. The number of methoxy groups -OCH3 is 1. The monoisotopic (exact) mass is 341 g/mol. The van der Waals surface area contributed by atoms with Crippen molar-refractivity contribution >= 4 is 34.6 Å². The molecule has 0 spiro atoms. The molecule has 3 rings (SSSR count). The highest BCUT2D eigenvalue weighted by atomic mass is 35.5. The predicted molar refractivity (Wildman–Crippen MR) is 94.2 cm³/mol. The van der Waals surface area contributed by atoms with Gasteiger partial charge in [-0.3, -0.25) is 4.79 Å². The molecule has 4 nitrogen and oxygen atoms in total. The summed E-state index contributed by atoms with van der Waals surface area (Å²) in [7, 11) is 1.53. The molecule has 122 valence electrons. The number of hydrogen-bond donors (Lipinski definition) is 1. The van der Waals surface area contributed by atoms with E-state index >= 15 is 0 Å². The molecule has 0 saturated carbocycles. The largest absolute Gasteiger partial charge is 0.496 e. The van der Waals surface area contributed by atoms with Gasteiger partial charge in [0.1, 0.15) is 12.0 Å². The van der Waals surface area contributed by atoms with E-state index in [2.05, 4.69) is 4.98 Å². The first-order chi connectivity index (χ1) is 11.6. The van der Waals surface area contributed by atoms with Crippen LogP contribution in [0.4, 0.5) is 0 Å². The third-order valence-electron chi connectivity index (χ3n) is 4.08. The average Bonchev–Trinajstić information content (AvgIpc) is 2.90. The SMILES string of the molecule is COc1ccc2[nH]c(C)c(CC=O)c2c1C(=O)c1ccc(Cl)cc1. The second kappa shape index (κ2) is 6.49. The van der Waals surface area contributed by atoms with Crippen LogP contribution in [0.3, 0.4) is 0 Å². The van der Waals surface area contributed by atoms with Gasteiger partial charge in [-0.05, 0) is 48.9 Å². The van der Waals surface area contributed by atoms with Gasteiger partial charge in [0.25, 0.3) is 0 Å². The maximum Gasteiger partial charge on any atom is 0.197 e. The summed E-state index contributed by atoms with van der Waals surface area (Å²) in [5.74, 6) is 0.314. The molecule has 2 aromatic carbocycles. The molecule has 0 bridgehead atoms. The van der Waals surface area contributed by atoms with E-state index in [0.29, 0.717) is 21.9 Å². The number of halogens is 1. The number of H-pyrrole nitrogens is 1. The van der Waals surface area contributed by atoms with Crippen molar-refractivity contribution in [3.63, 3.8) is 0 Å². The third kappa shape index (κ3) is 2.69. The van der Waals surface area contributed by atoms with Gasteiger partial charge in [0, 0.05) is 33.6 Å². The first-order valence-electron chi connectivity index (χ1n) is 7.49. The van der Waals surface area contributed by atoms with Crippen LogP contribution in [0, 0.1) is 6.92 Å². The van der Waals surface area contributed by atoms with E-state index in [1.165, 1.54) is 7.11 Å². The number of aromatic amines is 1. The number of carbonyl (C=O) groups excluding carboxylic acids is 2. The van der Waals surface area contributed by atoms with E-state index in [0.717, 1.165) is 28.4 Å². The molecule has 3 aromatic rings. The molecule has 5 heteroatoms. The lowest BCUT2D eigenvalue weighted by atomic mass is 9.95. The van der Waals surface area contributed by atoms with Crippen molar-refractivity contribution in [2.24, 2.45) is 0 Å². The van der Waals surface area contributed by atoms with Gasteiger partial charge in [0.05, 0.1) is 12.7 Å². The van der Waals surface area contributed by atoms with Crippen molar-refractivity contribution < 1.29 is 14.3 Å². The first-order valence-corrected chi connectivity index (χ1v) is 7.86. The Kier molecular flexibility index (Phi) is 4.40. The van der Waals surface area contributed by atoms with E-state index < -0.39 is 0 Å². The van der Waals surface area contributed by atoms with Gasteiger partial charge in [-0.1, -0.05) is 11.6 Å². The van der Waals surface area contributed by atoms with Gasteiger partial charge < -0.3 is 14.5 Å². The van der Waals surface area contributed by atoms with Crippen LogP contribution in [0.25, 0.3) is 10.9 Å². The van der Waals surface area contributed by atoms with Gasteiger partial charge in [-0.2, -0.15) is 0 Å². The molecule has 0 saturated heterocycles. The molecular formula is C19H16ClNO3. The minimum absolute atomic E-state index is 0.166. The minimum Gasteiger partial charge on any atom is -0.496 e. The lowest BCUT2D eigenvalue weighted by molar-refractivity contribution is -0.107. The van der Waals surface area contributed by atoms with E-state index in [-0.39, 0.29) is 12.2 Å². The number of rotatable bonds is 5. The van der Waals surface area contributed by atoms with Crippen LogP contribution in [-0.2, 0) is 11.2 Å². The fourth-order valence-corrected chi connectivity index (χ4v) is 3.07. The van der Waals surface area contributed by atoms with Crippen LogP contribution in [-0.4, -0.2) is 24.2 Å². The Hall–Kier alpha value is -2.59. The molecule has 1 aromatic heterocycles. The Labute approximate surface area is 144 Å². The molecule has 0 radical (unpaired) electrons. The van der Waals surface area contributed by atoms with Crippen LogP contribution in [0.15, 0.2) is 36.4 Å². The van der Waals surface area contributed by atoms with Gasteiger partial charge in [-0.15, -0.1) is 0 Å². The maximum absolute atomic E-state index is 13.1. The van der Waals surface area contributed by atoms with Crippen molar-refractivity contribution in [2.45, 2.75) is 13.3 Å². The smallest absolute Gasteiger partial charge is 0.197 e. The third-order valence-corrected chi connectivity index (χ3v) is 4.34. The molecule has 0 fully saturated rings. The number of hydrogen-bond acceptors (Lipinski definition) is 3. The number of carbonyl (C=O) groups is 2. The Morgan fingerprint density at radius 3 is 2.54 bits per heavy atom. The Morgan fingerprint density at radius 2 is 1.92 bits per heavy atom. The number of fused-ring (bicyclic) bond motifs is 1. The van der Waals surface area contributed by atoms with Crippen LogP contribution < -0.4 is 4.74 Å². The number of nitrogens with one attached hydrogen (secondary N) is 1. The predicted octanol–water partition coefficient (Wildman–Crippen LogP) is 4.11. The summed E-state index contributed by atoms with van der Waals surface area (Å²) in [4.78, 5) is 27.4. The van der Waals surface area contributed by atoms with Crippen LogP contribution >= 0.6 is 11.6 Å². The number of aryl methyl sites for hydroxylation is 1. The van der Waals surface area contributed by atoms with Gasteiger partial charge in [-0.25, -0.2) is 0 Å². The molecule has 0 aliphatic rings. The lowest BCUT2D eigenvalue weighted by Crippen LogP contribution is -2.06. The second-order valence-corrected chi connectivity index (χ2v) is 5.94. The Bertz CT molecular complexity index is 926. The fourth-order valence-electron chi connectivity index (χ4n) is 2.95. The summed E-state index contributed by atoms with van der Waals surface area (Å²) in [6.07, 6.45) is 1.07. The normalized spacial score (nSPS) is 10.8. The minimum atomic E-state index is -0.166. The zero-order valence-corrected chi connectivity index (χ0v) is 14.1. The molecule has 0 atom stereocenters. The number of benzene rings is 2. The van der Waals surface area contributed by atoms with Crippen molar-refractivity contribution in [1.29, 1.82) is 0 Å². The summed E-state index contributed by atoms with van der Waals surface area (Å²) >= 11 is 5.91. The molecule has 1 N–H and O–H groups in total. The fraction of sp³-hybridized carbons (Fsp3) is 0.158. The molecule has 0 aliphatic carbocycles. The van der Waals surface area contributed by atoms with Crippen molar-refractivity contribution in [3.05, 3.63) is 63.8 Å². The highest BCUT2D eigenvalue weighted by Crippen LogP contribution is 2.34. The lowest BCUT2D eigenvalue weighted by Gasteiger charge is -2.11. The Morgan fingerprint density at radius 1 is 1.21 bits per heavy atom. The van der Waals surface area contributed by atoms with Crippen molar-refractivity contribution in [1.82, 2.24) is 4.98 Å². The highest BCUT2D eigenvalue weighted by Gasteiger charge is 2.22. The van der Waals surface area contributed by atoms with Gasteiger partial charge in [0.15, 0.2) is 5.78 Å². The summed E-state index contributed by atoms with van der Waals surface area (Å²) in [6.45, 7) is 1.89. The van der Waals surface area contributed by atoms with E-state index in [4.69, 9.17) is 16.3 Å². The van der Waals surface area contributed by atoms with E-state index in [9.17, 15) is 9.59 Å². The molecule has 24 heavy (non-hydrogen) atoms. The zero-order valence-electron chi connectivity index (χ0n) is 13.4. The average molecular weight is 342 g/mol. The number of ether oxygens (including phenoxy) is 1. The van der Waals surface area contributed by atoms with E-state index in [1.54, 1.807) is 30.3 Å². The Balaban J connectivity index is 2.29. The van der Waals surface area contributed by atoms with Crippen LogP contribution in [0.1, 0.15) is 27.2 Å². The number of aromatic nitrogens is 1. The summed E-state index contributed by atoms with van der Waals surface area (Å²) < 4.78 is 5.41. The standard InChI is InChI=1S/C19H16ClNO3/c1-11-14(9-10-22)17-15(21-11)7-8-16(24-2)18(17)19(23)12-3-5-13(20)6-4-12/h3-8,10,21H,9H2,1-2H3. The summed E-state index contributed by atoms with van der Waals surface area (Å²) in [5.41, 5.74) is 3.47. The van der Waals surface area contributed by atoms with Crippen LogP contribution in [0.2, 0.25) is 5.02 Å². The number of aldehydes is 1. The van der Waals surface area contributed by atoms with Crippen LogP contribution in [0.5, 0.6) is 5.75 Å².